The Bertz CT molecular complexity index is 781. The highest BCUT2D eigenvalue weighted by molar-refractivity contribution is 5.90. The number of hydrogen-bond acceptors (Lipinski definition) is 3. The van der Waals surface area contributed by atoms with Crippen LogP contribution in [0.15, 0.2) is 48.7 Å². The van der Waals surface area contributed by atoms with Gasteiger partial charge in [0.05, 0.1) is 12.2 Å². The molecule has 106 valence electrons. The van der Waals surface area contributed by atoms with Crippen LogP contribution in [0.4, 0.5) is 10.2 Å². The first-order chi connectivity index (χ1) is 10.1. The van der Waals surface area contributed by atoms with E-state index in [1.54, 1.807) is 25.3 Å². The molecule has 0 aliphatic rings. The predicted octanol–water partition coefficient (Wildman–Crippen LogP) is 4.25. The number of hydrogen-bond donors (Lipinski definition) is 1. The highest BCUT2D eigenvalue weighted by Crippen LogP contribution is 2.24. The van der Waals surface area contributed by atoms with Crippen molar-refractivity contribution in [1.82, 2.24) is 10.2 Å². The molecular weight excluding hydrogens is 265 g/mol. The van der Waals surface area contributed by atoms with Crippen LogP contribution in [0.2, 0.25) is 0 Å². The minimum absolute atomic E-state index is 0.0554. The first-order valence-corrected chi connectivity index (χ1v) is 6.88. The van der Waals surface area contributed by atoms with E-state index in [1.807, 2.05) is 37.3 Å². The number of fused-ring (bicyclic) bond motifs is 1. The fourth-order valence-electron chi connectivity index (χ4n) is 2.30. The minimum Gasteiger partial charge on any atom is -0.362 e. The third kappa shape index (κ3) is 2.70. The van der Waals surface area contributed by atoms with Crippen LogP contribution in [0, 0.1) is 12.7 Å². The number of anilines is 1. The van der Waals surface area contributed by atoms with Gasteiger partial charge in [-0.05, 0) is 31.0 Å². The maximum Gasteiger partial charge on any atom is 0.157 e. The van der Waals surface area contributed by atoms with Gasteiger partial charge in [-0.25, -0.2) is 4.39 Å². The van der Waals surface area contributed by atoms with Crippen LogP contribution in [0.1, 0.15) is 24.1 Å². The fourth-order valence-corrected chi connectivity index (χ4v) is 2.30. The topological polar surface area (TPSA) is 37.8 Å². The summed E-state index contributed by atoms with van der Waals surface area (Å²) in [6, 6.07) is 13.1. The number of aromatic nitrogens is 2. The molecule has 2 aromatic carbocycles. The molecule has 0 amide bonds. The van der Waals surface area contributed by atoms with Crippen molar-refractivity contribution in [3.63, 3.8) is 0 Å². The van der Waals surface area contributed by atoms with Gasteiger partial charge in [0.2, 0.25) is 0 Å². The van der Waals surface area contributed by atoms with Gasteiger partial charge in [0, 0.05) is 10.8 Å². The van der Waals surface area contributed by atoms with E-state index in [-0.39, 0.29) is 11.9 Å². The number of nitrogens with zero attached hydrogens (tertiary/aromatic N) is 2. The molecule has 0 spiro atoms. The standard InChI is InChI=1S/C17H16FN3/c1-11-7-8-13(9-16(11)18)12(2)20-17-15-6-4-3-5-14(15)10-19-21-17/h3-10,12H,1-2H3,(H,20,21). The van der Waals surface area contributed by atoms with Gasteiger partial charge >= 0.3 is 0 Å². The molecule has 0 radical (unpaired) electrons. The molecule has 1 atom stereocenters. The molecule has 0 aliphatic carbocycles. The lowest BCUT2D eigenvalue weighted by Crippen LogP contribution is -2.09. The maximum atomic E-state index is 13.7. The number of aryl methyl sites for hydroxylation is 1. The molecule has 4 heteroatoms. The second-order valence-corrected chi connectivity index (χ2v) is 5.16. The van der Waals surface area contributed by atoms with Crippen LogP contribution in [0.25, 0.3) is 10.8 Å². The van der Waals surface area contributed by atoms with Gasteiger partial charge in [0.15, 0.2) is 5.82 Å². The van der Waals surface area contributed by atoms with Gasteiger partial charge in [-0.15, -0.1) is 5.10 Å². The number of rotatable bonds is 3. The van der Waals surface area contributed by atoms with Gasteiger partial charge in [0.1, 0.15) is 5.82 Å². The minimum atomic E-state index is -0.190. The molecule has 1 N–H and O–H groups in total. The Morgan fingerprint density at radius 2 is 1.95 bits per heavy atom. The SMILES string of the molecule is Cc1ccc(C(C)Nc2nncc3ccccc23)cc1F. The molecule has 0 aliphatic heterocycles. The normalized spacial score (nSPS) is 12.3. The Morgan fingerprint density at radius 3 is 2.76 bits per heavy atom. The summed E-state index contributed by atoms with van der Waals surface area (Å²) < 4.78 is 13.7. The monoisotopic (exact) mass is 281 g/mol. The third-order valence-corrected chi connectivity index (χ3v) is 3.62. The zero-order valence-corrected chi connectivity index (χ0v) is 12.0. The van der Waals surface area contributed by atoms with E-state index in [0.29, 0.717) is 11.4 Å². The Balaban J connectivity index is 1.92. The fraction of sp³-hybridized carbons (Fsp3) is 0.176. The summed E-state index contributed by atoms with van der Waals surface area (Å²) in [5.74, 6) is 0.520. The van der Waals surface area contributed by atoms with Crippen molar-refractivity contribution in [2.75, 3.05) is 5.32 Å². The van der Waals surface area contributed by atoms with E-state index in [9.17, 15) is 4.39 Å². The third-order valence-electron chi connectivity index (χ3n) is 3.62. The molecule has 1 heterocycles. The Hall–Kier alpha value is -2.49. The maximum absolute atomic E-state index is 13.7. The molecule has 1 unspecified atom stereocenters. The summed E-state index contributed by atoms with van der Waals surface area (Å²) in [6.45, 7) is 3.74. The Morgan fingerprint density at radius 1 is 1.14 bits per heavy atom. The van der Waals surface area contributed by atoms with E-state index in [4.69, 9.17) is 0 Å². The lowest BCUT2D eigenvalue weighted by molar-refractivity contribution is 0.614. The van der Waals surface area contributed by atoms with Crippen LogP contribution in [0.5, 0.6) is 0 Å². The van der Waals surface area contributed by atoms with Crippen molar-refractivity contribution in [3.05, 3.63) is 65.6 Å². The molecular formula is C17H16FN3. The zero-order valence-electron chi connectivity index (χ0n) is 12.0. The molecule has 3 nitrogen and oxygen atoms in total. The van der Waals surface area contributed by atoms with E-state index in [1.165, 1.54) is 0 Å². The molecule has 21 heavy (non-hydrogen) atoms. The van der Waals surface area contributed by atoms with Crippen LogP contribution in [0.3, 0.4) is 0 Å². The van der Waals surface area contributed by atoms with Crippen molar-refractivity contribution in [2.45, 2.75) is 19.9 Å². The summed E-state index contributed by atoms with van der Waals surface area (Å²) in [5.41, 5.74) is 1.53. The van der Waals surface area contributed by atoms with Crippen LogP contribution in [-0.2, 0) is 0 Å². The quantitative estimate of drug-likeness (QED) is 0.780. The first kappa shape index (κ1) is 13.5. The number of benzene rings is 2. The molecule has 0 saturated carbocycles. The van der Waals surface area contributed by atoms with E-state index >= 15 is 0 Å². The van der Waals surface area contributed by atoms with Gasteiger partial charge in [0.25, 0.3) is 0 Å². The number of nitrogens with one attached hydrogen (secondary N) is 1. The molecule has 3 aromatic rings. The van der Waals surface area contributed by atoms with Gasteiger partial charge in [-0.3, -0.25) is 0 Å². The van der Waals surface area contributed by atoms with E-state index in [2.05, 4.69) is 15.5 Å². The van der Waals surface area contributed by atoms with Crippen molar-refractivity contribution in [1.29, 1.82) is 0 Å². The number of halogens is 1. The summed E-state index contributed by atoms with van der Waals surface area (Å²) in [6.07, 6.45) is 1.73. The Kier molecular flexibility index (Phi) is 3.52. The molecule has 0 fully saturated rings. The second-order valence-electron chi connectivity index (χ2n) is 5.16. The largest absolute Gasteiger partial charge is 0.362 e. The smallest absolute Gasteiger partial charge is 0.157 e. The average Bonchev–Trinajstić information content (AvgIpc) is 2.50. The van der Waals surface area contributed by atoms with Gasteiger partial charge < -0.3 is 5.32 Å². The molecule has 1 aromatic heterocycles. The summed E-state index contributed by atoms with van der Waals surface area (Å²) in [5, 5.41) is 13.5. The van der Waals surface area contributed by atoms with Crippen molar-refractivity contribution in [3.8, 4) is 0 Å². The summed E-state index contributed by atoms with van der Waals surface area (Å²) in [7, 11) is 0. The summed E-state index contributed by atoms with van der Waals surface area (Å²) >= 11 is 0. The second kappa shape index (κ2) is 5.48. The van der Waals surface area contributed by atoms with Crippen molar-refractivity contribution >= 4 is 16.6 Å². The Labute approximate surface area is 122 Å². The lowest BCUT2D eigenvalue weighted by Gasteiger charge is -2.16. The first-order valence-electron chi connectivity index (χ1n) is 6.88. The van der Waals surface area contributed by atoms with Crippen LogP contribution < -0.4 is 5.32 Å². The molecule has 0 bridgehead atoms. The van der Waals surface area contributed by atoms with Gasteiger partial charge in [-0.1, -0.05) is 36.4 Å². The predicted molar refractivity (Wildman–Crippen MR) is 82.7 cm³/mol. The molecule has 0 saturated heterocycles. The van der Waals surface area contributed by atoms with E-state index < -0.39 is 0 Å². The van der Waals surface area contributed by atoms with Crippen LogP contribution in [-0.4, -0.2) is 10.2 Å². The lowest BCUT2D eigenvalue weighted by atomic mass is 10.1. The molecule has 3 rings (SSSR count). The summed E-state index contributed by atoms with van der Waals surface area (Å²) in [4.78, 5) is 0. The van der Waals surface area contributed by atoms with Crippen molar-refractivity contribution < 1.29 is 4.39 Å². The highest BCUT2D eigenvalue weighted by atomic mass is 19.1. The van der Waals surface area contributed by atoms with Crippen molar-refractivity contribution in [2.24, 2.45) is 0 Å². The van der Waals surface area contributed by atoms with Gasteiger partial charge in [-0.2, -0.15) is 5.10 Å². The average molecular weight is 281 g/mol. The van der Waals surface area contributed by atoms with Crippen LogP contribution >= 0.6 is 0 Å². The van der Waals surface area contributed by atoms with E-state index in [0.717, 1.165) is 16.3 Å². The highest BCUT2D eigenvalue weighted by Gasteiger charge is 2.10. The zero-order chi connectivity index (χ0) is 14.8.